The average molecular weight is 384 g/mol. The van der Waals surface area contributed by atoms with Gasteiger partial charge in [0.2, 0.25) is 5.91 Å². The summed E-state index contributed by atoms with van der Waals surface area (Å²) in [5, 5.41) is -0.193. The van der Waals surface area contributed by atoms with Crippen LogP contribution in [0, 0.1) is 5.92 Å². The summed E-state index contributed by atoms with van der Waals surface area (Å²) >= 11 is 1.59. The molecule has 1 aliphatic heterocycles. The minimum Gasteiger partial charge on any atom is -0.467 e. The topological polar surface area (TPSA) is 46.6 Å². The fourth-order valence-corrected chi connectivity index (χ4v) is 5.23. The van der Waals surface area contributed by atoms with E-state index in [1.807, 2.05) is 80.8 Å². The molecule has 3 rings (SSSR count). The molecule has 0 radical (unpaired) electrons. The van der Waals surface area contributed by atoms with Gasteiger partial charge in [0.05, 0.1) is 7.11 Å². The van der Waals surface area contributed by atoms with Crippen LogP contribution in [-0.2, 0) is 19.7 Å². The number of hydrogen-bond acceptors (Lipinski definition) is 4. The largest absolute Gasteiger partial charge is 0.467 e. The van der Waals surface area contributed by atoms with Crippen molar-refractivity contribution in [1.29, 1.82) is 0 Å². The van der Waals surface area contributed by atoms with Crippen molar-refractivity contribution in [2.24, 2.45) is 5.92 Å². The van der Waals surface area contributed by atoms with Gasteiger partial charge >= 0.3 is 5.97 Å². The Balaban J connectivity index is 2.16. The van der Waals surface area contributed by atoms with Crippen molar-refractivity contribution >= 4 is 23.6 Å². The van der Waals surface area contributed by atoms with Crippen LogP contribution in [0.1, 0.15) is 25.0 Å². The molecule has 1 fully saturated rings. The monoisotopic (exact) mass is 383 g/mol. The Morgan fingerprint density at radius 2 is 1.52 bits per heavy atom. The molecule has 2 atom stereocenters. The Morgan fingerprint density at radius 1 is 1.04 bits per heavy atom. The number of β-lactam (4-membered cyclic amide) rings is 1. The van der Waals surface area contributed by atoms with Gasteiger partial charge in [0, 0.05) is 0 Å². The molecule has 0 N–H and O–H groups in total. The van der Waals surface area contributed by atoms with Crippen LogP contribution in [0.25, 0.3) is 0 Å². The predicted octanol–water partition coefficient (Wildman–Crippen LogP) is 3.70. The molecule has 142 valence electrons. The van der Waals surface area contributed by atoms with Crippen LogP contribution >= 0.6 is 11.8 Å². The number of rotatable bonds is 6. The minimum absolute atomic E-state index is 0.0411. The summed E-state index contributed by atoms with van der Waals surface area (Å²) in [6, 6.07) is 19.1. The predicted molar refractivity (Wildman–Crippen MR) is 108 cm³/mol. The molecule has 27 heavy (non-hydrogen) atoms. The zero-order valence-electron chi connectivity index (χ0n) is 16.1. The Hall–Kier alpha value is -2.27. The molecule has 0 unspecified atom stereocenters. The molecule has 2 aromatic rings. The zero-order valence-corrected chi connectivity index (χ0v) is 16.9. The summed E-state index contributed by atoms with van der Waals surface area (Å²) < 4.78 is 5.01. The van der Waals surface area contributed by atoms with Crippen molar-refractivity contribution in [2.45, 2.75) is 30.7 Å². The average Bonchev–Trinajstić information content (AvgIpc) is 2.70. The van der Waals surface area contributed by atoms with Gasteiger partial charge in [-0.2, -0.15) is 0 Å². The fourth-order valence-electron chi connectivity index (χ4n) is 4.05. The van der Waals surface area contributed by atoms with E-state index < -0.39 is 11.5 Å². The van der Waals surface area contributed by atoms with Gasteiger partial charge in [-0.15, -0.1) is 11.8 Å². The standard InChI is InChI=1S/C22H25NO3S/c1-15(2)18(19(24)26-3)23-20(25)22(21(23)27-4,16-11-7-5-8-12-16)17-13-9-6-10-14-17/h5-15,18,21H,1-4H3/t18-,21-/m0/s1. The normalized spacial score (nSPS) is 19.5. The summed E-state index contributed by atoms with van der Waals surface area (Å²) in [6.45, 7) is 3.88. The number of hydrogen-bond donors (Lipinski definition) is 0. The van der Waals surface area contributed by atoms with Crippen LogP contribution in [0.3, 0.4) is 0 Å². The van der Waals surface area contributed by atoms with Crippen LogP contribution in [0.4, 0.5) is 0 Å². The van der Waals surface area contributed by atoms with Crippen LogP contribution in [0.5, 0.6) is 0 Å². The number of carbonyl (C=O) groups excluding carboxylic acids is 2. The summed E-state index contributed by atoms with van der Waals surface area (Å²) in [5.41, 5.74) is 1.09. The first kappa shape index (κ1) is 19.5. The highest BCUT2D eigenvalue weighted by atomic mass is 32.2. The number of likely N-dealkylation sites (tertiary alicyclic amines) is 1. The van der Waals surface area contributed by atoms with Gasteiger partial charge in [0.1, 0.15) is 16.8 Å². The summed E-state index contributed by atoms with van der Waals surface area (Å²) in [6.07, 6.45) is 1.99. The van der Waals surface area contributed by atoms with Crippen LogP contribution in [0.15, 0.2) is 60.7 Å². The van der Waals surface area contributed by atoms with Crippen molar-refractivity contribution in [3.8, 4) is 0 Å². The Kier molecular flexibility index (Phi) is 5.61. The van der Waals surface area contributed by atoms with E-state index in [0.29, 0.717) is 0 Å². The zero-order chi connectivity index (χ0) is 19.6. The van der Waals surface area contributed by atoms with Crippen molar-refractivity contribution < 1.29 is 14.3 Å². The highest BCUT2D eigenvalue weighted by Gasteiger charge is 2.65. The van der Waals surface area contributed by atoms with E-state index in [1.165, 1.54) is 7.11 Å². The van der Waals surface area contributed by atoms with Crippen LogP contribution in [0.2, 0.25) is 0 Å². The molecule has 0 bridgehead atoms. The molecule has 5 heteroatoms. The lowest BCUT2D eigenvalue weighted by Crippen LogP contribution is -2.74. The maximum Gasteiger partial charge on any atom is 0.328 e. The van der Waals surface area contributed by atoms with E-state index in [-0.39, 0.29) is 23.2 Å². The molecule has 2 aromatic carbocycles. The van der Waals surface area contributed by atoms with Gasteiger partial charge < -0.3 is 9.64 Å². The number of carbonyl (C=O) groups is 2. The first-order valence-electron chi connectivity index (χ1n) is 9.04. The Morgan fingerprint density at radius 3 is 1.89 bits per heavy atom. The second-order valence-corrected chi connectivity index (χ2v) is 7.97. The fraction of sp³-hybridized carbons (Fsp3) is 0.364. The Bertz CT molecular complexity index is 767. The van der Waals surface area contributed by atoms with Gasteiger partial charge in [-0.05, 0) is 23.3 Å². The lowest BCUT2D eigenvalue weighted by Gasteiger charge is -2.58. The highest BCUT2D eigenvalue weighted by molar-refractivity contribution is 7.99. The SMILES string of the molecule is COC(=O)[C@H](C(C)C)N1C(=O)C(c2ccccc2)(c2ccccc2)[C@@H]1SC. The van der Waals surface area contributed by atoms with Gasteiger partial charge in [-0.3, -0.25) is 4.79 Å². The van der Waals surface area contributed by atoms with Gasteiger partial charge in [-0.25, -0.2) is 4.79 Å². The number of nitrogens with zero attached hydrogens (tertiary/aromatic N) is 1. The van der Waals surface area contributed by atoms with Gasteiger partial charge in [-0.1, -0.05) is 74.5 Å². The molecule has 4 nitrogen and oxygen atoms in total. The second-order valence-electron chi connectivity index (χ2n) is 7.05. The van der Waals surface area contributed by atoms with Crippen molar-refractivity contribution in [3.05, 3.63) is 71.8 Å². The molecule has 0 spiro atoms. The molecule has 0 aliphatic carbocycles. The van der Waals surface area contributed by atoms with E-state index >= 15 is 0 Å². The summed E-state index contributed by atoms with van der Waals surface area (Å²) in [7, 11) is 1.37. The van der Waals surface area contributed by atoms with E-state index in [0.717, 1.165) is 11.1 Å². The smallest absolute Gasteiger partial charge is 0.328 e. The molecule has 1 saturated heterocycles. The first-order chi connectivity index (χ1) is 13.0. The third kappa shape index (κ3) is 2.94. The summed E-state index contributed by atoms with van der Waals surface area (Å²) in [5.74, 6) is -0.462. The lowest BCUT2D eigenvalue weighted by molar-refractivity contribution is -0.168. The summed E-state index contributed by atoms with van der Waals surface area (Å²) in [4.78, 5) is 27.9. The molecule has 0 aromatic heterocycles. The number of amides is 1. The number of benzene rings is 2. The highest BCUT2D eigenvalue weighted by Crippen LogP contribution is 2.52. The maximum absolute atomic E-state index is 13.7. The number of ether oxygens (including phenoxy) is 1. The first-order valence-corrected chi connectivity index (χ1v) is 10.3. The molecular formula is C22H25NO3S. The molecule has 1 heterocycles. The third-order valence-corrected chi connectivity index (χ3v) is 6.28. The third-order valence-electron chi connectivity index (χ3n) is 5.25. The van der Waals surface area contributed by atoms with E-state index in [9.17, 15) is 9.59 Å². The quantitative estimate of drug-likeness (QED) is 0.564. The van der Waals surface area contributed by atoms with E-state index in [2.05, 4.69) is 0 Å². The molecule has 1 amide bonds. The molecular weight excluding hydrogens is 358 g/mol. The number of thioether (sulfide) groups is 1. The van der Waals surface area contributed by atoms with Gasteiger partial charge in [0.15, 0.2) is 0 Å². The van der Waals surface area contributed by atoms with Crippen LogP contribution in [-0.4, -0.2) is 41.6 Å². The number of methoxy groups -OCH3 is 1. The molecule has 0 saturated carbocycles. The van der Waals surface area contributed by atoms with Crippen molar-refractivity contribution in [2.75, 3.05) is 13.4 Å². The van der Waals surface area contributed by atoms with E-state index in [4.69, 9.17) is 4.74 Å². The maximum atomic E-state index is 13.7. The van der Waals surface area contributed by atoms with Crippen molar-refractivity contribution in [3.63, 3.8) is 0 Å². The van der Waals surface area contributed by atoms with Gasteiger partial charge in [0.25, 0.3) is 0 Å². The molecule has 1 aliphatic rings. The van der Waals surface area contributed by atoms with Crippen LogP contribution < -0.4 is 0 Å². The van der Waals surface area contributed by atoms with Crippen molar-refractivity contribution in [1.82, 2.24) is 4.90 Å². The minimum atomic E-state index is -0.802. The lowest BCUT2D eigenvalue weighted by atomic mass is 9.66. The number of esters is 1. The Labute approximate surface area is 164 Å². The second kappa shape index (κ2) is 7.77. The van der Waals surface area contributed by atoms with E-state index in [1.54, 1.807) is 16.7 Å².